The first-order valence-electron chi connectivity index (χ1n) is 9.63. The van der Waals surface area contributed by atoms with E-state index >= 15 is 0 Å². The maximum atomic E-state index is 12.7. The van der Waals surface area contributed by atoms with Gasteiger partial charge < -0.3 is 9.30 Å². The summed E-state index contributed by atoms with van der Waals surface area (Å²) < 4.78 is 7.01. The van der Waals surface area contributed by atoms with Crippen LogP contribution in [0.4, 0.5) is 0 Å². The fourth-order valence-electron chi connectivity index (χ4n) is 3.43. The van der Waals surface area contributed by atoms with E-state index in [1.54, 1.807) is 32.1 Å². The van der Waals surface area contributed by atoms with Crippen LogP contribution in [0.25, 0.3) is 11.8 Å². The number of hydrogen-bond acceptors (Lipinski definition) is 5. The lowest BCUT2D eigenvalue weighted by molar-refractivity contribution is -0.128. The van der Waals surface area contributed by atoms with Crippen LogP contribution in [0.15, 0.2) is 35.9 Å². The van der Waals surface area contributed by atoms with Crippen molar-refractivity contribution in [3.05, 3.63) is 58.4 Å². The molecule has 0 bridgehead atoms. The normalized spacial score (nSPS) is 15.5. The Hall–Kier alpha value is -3.26. The van der Waals surface area contributed by atoms with Gasteiger partial charge in [-0.25, -0.2) is 4.79 Å². The molecule has 1 fully saturated rings. The average molecular weight is 426 g/mol. The van der Waals surface area contributed by atoms with Crippen LogP contribution >= 0.6 is 12.2 Å². The molecule has 7 nitrogen and oxygen atoms in total. The summed E-state index contributed by atoms with van der Waals surface area (Å²) in [5.41, 5.74) is 3.92. The Bertz CT molecular complexity index is 1070. The lowest BCUT2D eigenvalue weighted by Gasteiger charge is -2.27. The molecular weight excluding hydrogens is 402 g/mol. The third kappa shape index (κ3) is 3.91. The minimum Gasteiger partial charge on any atom is -0.462 e. The highest BCUT2D eigenvalue weighted by Crippen LogP contribution is 2.24. The highest BCUT2D eigenvalue weighted by atomic mass is 32.1. The number of esters is 1. The molecule has 8 heteroatoms. The SMILES string of the molecule is CCOC(=O)c1ccc(-n2c(C)cc(/C=C3\C(=O)NC(=S)N(CC)C3=O)c2C)cc1. The van der Waals surface area contributed by atoms with Gasteiger partial charge in [-0.15, -0.1) is 0 Å². The van der Waals surface area contributed by atoms with Gasteiger partial charge in [-0.3, -0.25) is 19.8 Å². The van der Waals surface area contributed by atoms with Crippen LogP contribution in [0.2, 0.25) is 0 Å². The van der Waals surface area contributed by atoms with Crippen LogP contribution < -0.4 is 5.32 Å². The summed E-state index contributed by atoms with van der Waals surface area (Å²) in [4.78, 5) is 38.2. The van der Waals surface area contributed by atoms with E-state index in [-0.39, 0.29) is 16.7 Å². The summed E-state index contributed by atoms with van der Waals surface area (Å²) in [6.45, 7) is 8.10. The molecule has 2 heterocycles. The number of amides is 2. The van der Waals surface area contributed by atoms with Gasteiger partial charge in [0.1, 0.15) is 5.57 Å². The van der Waals surface area contributed by atoms with Crippen molar-refractivity contribution < 1.29 is 19.1 Å². The highest BCUT2D eigenvalue weighted by molar-refractivity contribution is 7.80. The van der Waals surface area contributed by atoms with E-state index in [0.29, 0.717) is 18.7 Å². The van der Waals surface area contributed by atoms with Crippen molar-refractivity contribution in [2.45, 2.75) is 27.7 Å². The topological polar surface area (TPSA) is 80.6 Å². The fourth-order valence-corrected chi connectivity index (χ4v) is 3.73. The molecule has 0 radical (unpaired) electrons. The summed E-state index contributed by atoms with van der Waals surface area (Å²) in [6, 6.07) is 8.99. The lowest BCUT2D eigenvalue weighted by Crippen LogP contribution is -2.53. The molecule has 3 rings (SSSR count). The second kappa shape index (κ2) is 8.62. The Morgan fingerprint density at radius 2 is 1.83 bits per heavy atom. The van der Waals surface area contributed by atoms with Crippen LogP contribution in [-0.2, 0) is 14.3 Å². The molecule has 156 valence electrons. The number of benzene rings is 1. The van der Waals surface area contributed by atoms with Gasteiger partial charge in [-0.05, 0) is 81.9 Å². The van der Waals surface area contributed by atoms with Crippen molar-refractivity contribution in [2.75, 3.05) is 13.2 Å². The predicted molar refractivity (Wildman–Crippen MR) is 117 cm³/mol. The first kappa shape index (κ1) is 21.4. The number of carbonyl (C=O) groups excluding carboxylic acids is 3. The van der Waals surface area contributed by atoms with Gasteiger partial charge in [0.15, 0.2) is 5.11 Å². The van der Waals surface area contributed by atoms with Crippen LogP contribution in [-0.4, -0.2) is 45.5 Å². The number of rotatable bonds is 5. The van der Waals surface area contributed by atoms with Crippen molar-refractivity contribution in [1.82, 2.24) is 14.8 Å². The van der Waals surface area contributed by atoms with Crippen LogP contribution in [0.1, 0.15) is 41.2 Å². The van der Waals surface area contributed by atoms with Crippen LogP contribution in [0, 0.1) is 13.8 Å². The molecule has 30 heavy (non-hydrogen) atoms. The first-order chi connectivity index (χ1) is 14.3. The third-order valence-corrected chi connectivity index (χ3v) is 5.23. The highest BCUT2D eigenvalue weighted by Gasteiger charge is 2.32. The lowest BCUT2D eigenvalue weighted by atomic mass is 10.1. The van der Waals surface area contributed by atoms with Gasteiger partial charge in [0.05, 0.1) is 12.2 Å². The van der Waals surface area contributed by atoms with E-state index in [1.807, 2.05) is 36.6 Å². The standard InChI is InChI=1S/C22H23N3O4S/c1-5-24-20(27)18(19(26)23-22(24)30)12-16-11-13(3)25(14(16)4)17-9-7-15(8-10-17)21(28)29-6-2/h7-12H,5-6H2,1-4H3,(H,23,26,30)/b18-12+. The molecule has 0 aliphatic carbocycles. The number of hydrogen-bond donors (Lipinski definition) is 1. The largest absolute Gasteiger partial charge is 0.462 e. The molecule has 0 spiro atoms. The van der Waals surface area contributed by atoms with E-state index in [0.717, 1.165) is 22.6 Å². The van der Waals surface area contributed by atoms with E-state index in [2.05, 4.69) is 5.32 Å². The van der Waals surface area contributed by atoms with Crippen molar-refractivity contribution in [3.8, 4) is 5.69 Å². The van der Waals surface area contributed by atoms with Gasteiger partial charge in [-0.2, -0.15) is 0 Å². The van der Waals surface area contributed by atoms with Crippen molar-refractivity contribution in [2.24, 2.45) is 0 Å². The number of carbonyl (C=O) groups is 3. The summed E-state index contributed by atoms with van der Waals surface area (Å²) in [7, 11) is 0. The number of nitrogens with one attached hydrogen (secondary N) is 1. The molecule has 1 N–H and O–H groups in total. The van der Waals surface area contributed by atoms with E-state index in [9.17, 15) is 14.4 Å². The molecule has 1 aliphatic heterocycles. The van der Waals surface area contributed by atoms with Crippen molar-refractivity contribution in [3.63, 3.8) is 0 Å². The second-order valence-corrected chi connectivity index (χ2v) is 7.18. The molecule has 2 amide bonds. The third-order valence-electron chi connectivity index (χ3n) is 4.91. The first-order valence-corrected chi connectivity index (χ1v) is 10.0. The zero-order valence-corrected chi connectivity index (χ0v) is 18.1. The number of likely N-dealkylation sites (N-methyl/N-ethyl adjacent to an activating group) is 1. The smallest absolute Gasteiger partial charge is 0.338 e. The zero-order chi connectivity index (χ0) is 22.0. The zero-order valence-electron chi connectivity index (χ0n) is 17.3. The summed E-state index contributed by atoms with van der Waals surface area (Å²) >= 11 is 5.07. The minimum absolute atomic E-state index is 0.0448. The molecule has 0 unspecified atom stereocenters. The van der Waals surface area contributed by atoms with Gasteiger partial charge in [0.2, 0.25) is 0 Å². The number of aryl methyl sites for hydroxylation is 1. The van der Waals surface area contributed by atoms with Gasteiger partial charge >= 0.3 is 5.97 Å². The van der Waals surface area contributed by atoms with E-state index in [1.165, 1.54) is 4.90 Å². The predicted octanol–water partition coefficient (Wildman–Crippen LogP) is 2.92. The Labute approximate surface area is 180 Å². The number of ether oxygens (including phenoxy) is 1. The summed E-state index contributed by atoms with van der Waals surface area (Å²) in [6.07, 6.45) is 1.59. The van der Waals surface area contributed by atoms with Gasteiger partial charge in [-0.1, -0.05) is 0 Å². The molecule has 1 aromatic carbocycles. The van der Waals surface area contributed by atoms with Crippen LogP contribution in [0.5, 0.6) is 0 Å². The fraction of sp³-hybridized carbons (Fsp3) is 0.273. The molecular formula is C22H23N3O4S. The van der Waals surface area contributed by atoms with Gasteiger partial charge in [0.25, 0.3) is 11.8 Å². The maximum Gasteiger partial charge on any atom is 0.338 e. The van der Waals surface area contributed by atoms with Gasteiger partial charge in [0, 0.05) is 23.6 Å². The molecule has 0 saturated carbocycles. The van der Waals surface area contributed by atoms with Crippen molar-refractivity contribution >= 4 is 41.2 Å². The monoisotopic (exact) mass is 425 g/mol. The quantitative estimate of drug-likeness (QED) is 0.345. The molecule has 0 atom stereocenters. The Morgan fingerprint density at radius 3 is 2.43 bits per heavy atom. The molecule has 2 aromatic rings. The minimum atomic E-state index is -0.502. The van der Waals surface area contributed by atoms with Crippen molar-refractivity contribution in [1.29, 1.82) is 0 Å². The maximum absolute atomic E-state index is 12.7. The molecule has 1 saturated heterocycles. The molecule has 1 aliphatic rings. The number of nitrogens with zero attached hydrogens (tertiary/aromatic N) is 2. The average Bonchev–Trinajstić information content (AvgIpc) is 2.98. The summed E-state index contributed by atoms with van der Waals surface area (Å²) in [5, 5.41) is 2.68. The Morgan fingerprint density at radius 1 is 1.17 bits per heavy atom. The second-order valence-electron chi connectivity index (χ2n) is 6.80. The number of thiocarbonyl (C=S) groups is 1. The van der Waals surface area contributed by atoms with E-state index < -0.39 is 11.8 Å². The Kier molecular flexibility index (Phi) is 6.17. The Balaban J connectivity index is 1.97. The van der Waals surface area contributed by atoms with Crippen LogP contribution in [0.3, 0.4) is 0 Å². The summed E-state index contributed by atoms with van der Waals surface area (Å²) in [5.74, 6) is -1.27. The van der Waals surface area contributed by atoms with E-state index in [4.69, 9.17) is 17.0 Å². The number of aromatic nitrogens is 1. The molecule has 1 aromatic heterocycles.